The predicted molar refractivity (Wildman–Crippen MR) is 71.6 cm³/mol. The van der Waals surface area contributed by atoms with Crippen molar-refractivity contribution in [2.45, 2.75) is 12.6 Å². The number of nitriles is 1. The lowest BCUT2D eigenvalue weighted by molar-refractivity contribution is -0.137. The zero-order valence-electron chi connectivity index (χ0n) is 11.3. The molecule has 2 aromatic rings. The lowest BCUT2D eigenvalue weighted by Gasteiger charge is -2.11. The molecule has 21 heavy (non-hydrogen) atoms. The number of halogens is 3. The average Bonchev–Trinajstić information content (AvgIpc) is 2.83. The Balaban J connectivity index is 2.05. The fourth-order valence-corrected chi connectivity index (χ4v) is 1.98. The van der Waals surface area contributed by atoms with Gasteiger partial charge in [-0.1, -0.05) is 0 Å². The van der Waals surface area contributed by atoms with E-state index < -0.39 is 11.7 Å². The summed E-state index contributed by atoms with van der Waals surface area (Å²) in [5.41, 5.74) is 0.201. The number of hydrogen-bond donors (Lipinski definition) is 1. The van der Waals surface area contributed by atoms with Gasteiger partial charge in [-0.15, -0.1) is 0 Å². The summed E-state index contributed by atoms with van der Waals surface area (Å²) in [6, 6.07) is 6.91. The van der Waals surface area contributed by atoms with Gasteiger partial charge in [-0.2, -0.15) is 23.5 Å². The Morgan fingerprint density at radius 3 is 2.67 bits per heavy atom. The van der Waals surface area contributed by atoms with Crippen LogP contribution in [0.2, 0.25) is 0 Å². The molecule has 0 aliphatic carbocycles. The van der Waals surface area contributed by atoms with Gasteiger partial charge in [-0.3, -0.25) is 4.68 Å². The summed E-state index contributed by atoms with van der Waals surface area (Å²) in [6.07, 6.45) is -2.15. The molecule has 0 aliphatic rings. The fourth-order valence-electron chi connectivity index (χ4n) is 1.98. The normalized spacial score (nSPS) is 11.2. The van der Waals surface area contributed by atoms with E-state index in [9.17, 15) is 13.2 Å². The molecular weight excluding hydrogens is 281 g/mol. The van der Waals surface area contributed by atoms with E-state index in [1.54, 1.807) is 16.9 Å². The lowest BCUT2D eigenvalue weighted by Crippen LogP contribution is -2.11. The molecule has 1 aromatic heterocycles. The van der Waals surface area contributed by atoms with Crippen LogP contribution in [0.1, 0.15) is 16.8 Å². The Kier molecular flexibility index (Phi) is 4.17. The van der Waals surface area contributed by atoms with Crippen LogP contribution < -0.4 is 5.32 Å². The van der Waals surface area contributed by atoms with Crippen LogP contribution in [0.3, 0.4) is 0 Å². The van der Waals surface area contributed by atoms with Gasteiger partial charge in [0, 0.05) is 37.6 Å². The van der Waals surface area contributed by atoms with Crippen LogP contribution in [-0.4, -0.2) is 16.3 Å². The smallest absolute Gasteiger partial charge is 0.385 e. The second-order valence-corrected chi connectivity index (χ2v) is 4.49. The molecule has 0 unspecified atom stereocenters. The van der Waals surface area contributed by atoms with Gasteiger partial charge >= 0.3 is 6.18 Å². The quantitative estimate of drug-likeness (QED) is 0.943. The molecule has 0 fully saturated rings. The first-order valence-corrected chi connectivity index (χ1v) is 6.24. The van der Waals surface area contributed by atoms with Crippen molar-refractivity contribution in [3.8, 4) is 6.07 Å². The Hall–Kier alpha value is -2.49. The van der Waals surface area contributed by atoms with Crippen LogP contribution >= 0.6 is 0 Å². The first kappa shape index (κ1) is 14.9. The van der Waals surface area contributed by atoms with Crippen LogP contribution in [0.4, 0.5) is 18.9 Å². The van der Waals surface area contributed by atoms with E-state index in [4.69, 9.17) is 5.26 Å². The summed E-state index contributed by atoms with van der Waals surface area (Å²) in [6.45, 7) is 0.537. The number of hydrogen-bond acceptors (Lipinski definition) is 3. The highest BCUT2D eigenvalue weighted by molar-refractivity contribution is 5.53. The minimum atomic E-state index is -4.52. The number of aromatic nitrogens is 2. The van der Waals surface area contributed by atoms with Crippen molar-refractivity contribution in [2.24, 2.45) is 7.05 Å². The Morgan fingerprint density at radius 1 is 1.33 bits per heavy atom. The number of aryl methyl sites for hydroxylation is 1. The monoisotopic (exact) mass is 294 g/mol. The maximum Gasteiger partial charge on any atom is 0.417 e. The molecule has 110 valence electrons. The second-order valence-electron chi connectivity index (χ2n) is 4.49. The molecule has 1 aromatic carbocycles. The van der Waals surface area contributed by atoms with Crippen LogP contribution in [0, 0.1) is 11.3 Å². The molecule has 0 bridgehead atoms. The zero-order valence-corrected chi connectivity index (χ0v) is 11.3. The van der Waals surface area contributed by atoms with Gasteiger partial charge in [0.25, 0.3) is 0 Å². The highest BCUT2D eigenvalue weighted by Gasteiger charge is 2.33. The van der Waals surface area contributed by atoms with E-state index >= 15 is 0 Å². The molecule has 0 aliphatic heterocycles. The van der Waals surface area contributed by atoms with Gasteiger partial charge in [0.1, 0.15) is 0 Å². The van der Waals surface area contributed by atoms with Crippen molar-refractivity contribution in [1.82, 2.24) is 9.78 Å². The zero-order chi connectivity index (χ0) is 15.5. The van der Waals surface area contributed by atoms with Gasteiger partial charge in [-0.25, -0.2) is 0 Å². The lowest BCUT2D eigenvalue weighted by atomic mass is 10.1. The Labute approximate surface area is 119 Å². The summed E-state index contributed by atoms with van der Waals surface area (Å²) in [4.78, 5) is 0. The van der Waals surface area contributed by atoms with Crippen molar-refractivity contribution in [3.05, 3.63) is 47.3 Å². The number of alkyl halides is 3. The van der Waals surface area contributed by atoms with E-state index in [1.807, 2.05) is 13.1 Å². The minimum absolute atomic E-state index is 0.381. The highest BCUT2D eigenvalue weighted by atomic mass is 19.4. The summed E-state index contributed by atoms with van der Waals surface area (Å²) < 4.78 is 39.7. The van der Waals surface area contributed by atoms with Crippen molar-refractivity contribution in [3.63, 3.8) is 0 Å². The summed E-state index contributed by atoms with van der Waals surface area (Å²) in [5, 5.41) is 15.9. The molecule has 0 saturated heterocycles. The largest absolute Gasteiger partial charge is 0.417 e. The van der Waals surface area contributed by atoms with Crippen LogP contribution in [0.5, 0.6) is 0 Å². The van der Waals surface area contributed by atoms with Crippen LogP contribution in [-0.2, 0) is 19.6 Å². The summed E-state index contributed by atoms with van der Waals surface area (Å²) in [5.74, 6) is 0. The molecule has 1 heterocycles. The molecule has 7 heteroatoms. The van der Waals surface area contributed by atoms with Gasteiger partial charge in [0.2, 0.25) is 0 Å². The molecular formula is C14H13F3N4. The maximum absolute atomic E-state index is 12.7. The molecule has 1 N–H and O–H groups in total. The summed E-state index contributed by atoms with van der Waals surface area (Å²) >= 11 is 0. The first-order valence-electron chi connectivity index (χ1n) is 6.24. The van der Waals surface area contributed by atoms with Crippen LogP contribution in [0.25, 0.3) is 0 Å². The fraction of sp³-hybridized carbons (Fsp3) is 0.286. The van der Waals surface area contributed by atoms with Crippen molar-refractivity contribution < 1.29 is 13.2 Å². The number of rotatable bonds is 4. The van der Waals surface area contributed by atoms with Crippen molar-refractivity contribution in [1.29, 1.82) is 5.26 Å². The third-order valence-corrected chi connectivity index (χ3v) is 3.08. The van der Waals surface area contributed by atoms with Gasteiger partial charge in [-0.05, 0) is 24.3 Å². The average molecular weight is 294 g/mol. The molecule has 4 nitrogen and oxygen atoms in total. The van der Waals surface area contributed by atoms with E-state index in [-0.39, 0.29) is 5.56 Å². The third kappa shape index (κ3) is 3.54. The molecule has 0 saturated carbocycles. The van der Waals surface area contributed by atoms with E-state index in [2.05, 4.69) is 10.4 Å². The predicted octanol–water partition coefficient (Wildman–Crippen LogP) is 2.97. The van der Waals surface area contributed by atoms with Gasteiger partial charge < -0.3 is 5.32 Å². The number of anilines is 1. The maximum atomic E-state index is 12.7. The van der Waals surface area contributed by atoms with Crippen LogP contribution in [0.15, 0.2) is 30.5 Å². The molecule has 0 atom stereocenters. The first-order chi connectivity index (χ1) is 9.91. The Morgan fingerprint density at radius 2 is 2.10 bits per heavy atom. The SMILES string of the molecule is Cn1nccc1CCNc1ccc(C(F)(F)F)c(C#N)c1. The molecule has 2 rings (SSSR count). The molecule has 0 radical (unpaired) electrons. The highest BCUT2D eigenvalue weighted by Crippen LogP contribution is 2.32. The van der Waals surface area contributed by atoms with E-state index in [0.29, 0.717) is 18.7 Å². The number of nitrogens with one attached hydrogen (secondary N) is 1. The minimum Gasteiger partial charge on any atom is -0.385 e. The second kappa shape index (κ2) is 5.87. The Bertz CT molecular complexity index is 668. The van der Waals surface area contributed by atoms with Crippen molar-refractivity contribution >= 4 is 5.69 Å². The van der Waals surface area contributed by atoms with Gasteiger partial charge in [0.15, 0.2) is 0 Å². The number of nitrogens with zero attached hydrogens (tertiary/aromatic N) is 3. The van der Waals surface area contributed by atoms with Crippen molar-refractivity contribution in [2.75, 3.05) is 11.9 Å². The van der Waals surface area contributed by atoms with Gasteiger partial charge in [0.05, 0.1) is 17.2 Å². The topological polar surface area (TPSA) is 53.6 Å². The summed E-state index contributed by atoms with van der Waals surface area (Å²) in [7, 11) is 1.82. The molecule has 0 amide bonds. The van der Waals surface area contributed by atoms with E-state index in [0.717, 1.165) is 11.8 Å². The molecule has 0 spiro atoms. The standard InChI is InChI=1S/C14H13F3N4/c1-21-12(5-7-20-21)4-6-19-11-2-3-13(14(15,16)17)10(8-11)9-18/h2-3,5,7-8,19H,4,6H2,1H3. The van der Waals surface area contributed by atoms with E-state index in [1.165, 1.54) is 12.1 Å². The number of benzene rings is 1. The third-order valence-electron chi connectivity index (χ3n) is 3.08.